The molecule has 1 atom stereocenters. The minimum Gasteiger partial charge on any atom is -0.465 e. The molecule has 9 nitrogen and oxygen atoms in total. The topological polar surface area (TPSA) is 122 Å². The average molecular weight is 415 g/mol. The zero-order chi connectivity index (χ0) is 21.4. The number of aromatic nitrogens is 4. The molecule has 1 unspecified atom stereocenters. The van der Waals surface area contributed by atoms with Gasteiger partial charge in [0.05, 0.1) is 24.0 Å². The third kappa shape index (κ3) is 3.35. The van der Waals surface area contributed by atoms with Gasteiger partial charge in [-0.15, -0.1) is 0 Å². The summed E-state index contributed by atoms with van der Waals surface area (Å²) >= 11 is 0. The summed E-state index contributed by atoms with van der Waals surface area (Å²) in [6.45, 7) is 1.82. The molecule has 5 rings (SSSR count). The number of nitrogens with zero attached hydrogens (tertiary/aromatic N) is 3. The van der Waals surface area contributed by atoms with E-state index in [-0.39, 0.29) is 18.3 Å². The predicted octanol–water partition coefficient (Wildman–Crippen LogP) is 3.29. The predicted molar refractivity (Wildman–Crippen MR) is 113 cm³/mol. The number of carbonyl (C=O) groups excluding carboxylic acids is 2. The molecule has 0 saturated carbocycles. The number of ether oxygens (including phenoxy) is 2. The fourth-order valence-electron chi connectivity index (χ4n) is 3.46. The maximum Gasteiger partial charge on any atom is 0.326 e. The number of hydrogen-bond donors (Lipinski definition) is 2. The average Bonchev–Trinajstić information content (AvgIpc) is 3.47. The fraction of sp³-hybridized carbons (Fsp3) is 0.136. The van der Waals surface area contributed by atoms with Crippen molar-refractivity contribution in [1.82, 2.24) is 20.2 Å². The SMILES string of the molecule is CCOC(=O)C1C(=O)/C(=C/c2c[nH]c3ncccc23)OC1=Nc1ccc2cn[nH]c2c1. The van der Waals surface area contributed by atoms with E-state index in [0.29, 0.717) is 16.9 Å². The molecule has 0 aliphatic carbocycles. The zero-order valence-corrected chi connectivity index (χ0v) is 16.5. The van der Waals surface area contributed by atoms with Gasteiger partial charge in [-0.3, -0.25) is 14.7 Å². The minimum atomic E-state index is -1.26. The molecular formula is C22H17N5O4. The van der Waals surface area contributed by atoms with Crippen LogP contribution in [0.3, 0.4) is 0 Å². The third-order valence-corrected chi connectivity index (χ3v) is 4.92. The van der Waals surface area contributed by atoms with Gasteiger partial charge in [-0.1, -0.05) is 0 Å². The molecule has 154 valence electrons. The first kappa shape index (κ1) is 18.7. The van der Waals surface area contributed by atoms with Crippen molar-refractivity contribution >= 4 is 51.4 Å². The number of pyridine rings is 1. The Bertz CT molecular complexity index is 1380. The van der Waals surface area contributed by atoms with Crippen molar-refractivity contribution in [3.63, 3.8) is 0 Å². The van der Waals surface area contributed by atoms with E-state index in [4.69, 9.17) is 9.47 Å². The smallest absolute Gasteiger partial charge is 0.326 e. The van der Waals surface area contributed by atoms with E-state index in [1.165, 1.54) is 0 Å². The highest BCUT2D eigenvalue weighted by Crippen LogP contribution is 2.30. The van der Waals surface area contributed by atoms with Gasteiger partial charge in [-0.25, -0.2) is 9.98 Å². The van der Waals surface area contributed by atoms with E-state index >= 15 is 0 Å². The van der Waals surface area contributed by atoms with Gasteiger partial charge in [0.2, 0.25) is 11.7 Å². The summed E-state index contributed by atoms with van der Waals surface area (Å²) in [4.78, 5) is 37.3. The lowest BCUT2D eigenvalue weighted by atomic mass is 10.0. The second kappa shape index (κ2) is 7.52. The molecule has 4 heterocycles. The number of H-pyrrole nitrogens is 2. The van der Waals surface area contributed by atoms with Crippen LogP contribution in [-0.2, 0) is 19.1 Å². The van der Waals surface area contributed by atoms with Gasteiger partial charge in [0, 0.05) is 28.7 Å². The number of nitrogens with one attached hydrogen (secondary N) is 2. The zero-order valence-electron chi connectivity index (χ0n) is 16.5. The van der Waals surface area contributed by atoms with Gasteiger partial charge in [-0.05, 0) is 43.3 Å². The monoisotopic (exact) mass is 415 g/mol. The van der Waals surface area contributed by atoms with Crippen molar-refractivity contribution in [2.24, 2.45) is 10.9 Å². The second-order valence-electron chi connectivity index (χ2n) is 6.90. The molecule has 3 aromatic heterocycles. The Morgan fingerprint density at radius 2 is 2.26 bits per heavy atom. The molecular weight excluding hydrogens is 398 g/mol. The molecule has 1 aliphatic rings. The van der Waals surface area contributed by atoms with E-state index in [0.717, 1.165) is 16.3 Å². The molecule has 9 heteroatoms. The van der Waals surface area contributed by atoms with E-state index in [1.807, 2.05) is 12.1 Å². The summed E-state index contributed by atoms with van der Waals surface area (Å²) in [6, 6.07) is 9.04. The van der Waals surface area contributed by atoms with Gasteiger partial charge in [0.1, 0.15) is 5.65 Å². The van der Waals surface area contributed by atoms with Crippen LogP contribution in [0.1, 0.15) is 12.5 Å². The highest BCUT2D eigenvalue weighted by molar-refractivity contribution is 6.27. The van der Waals surface area contributed by atoms with E-state index in [9.17, 15) is 9.59 Å². The van der Waals surface area contributed by atoms with Gasteiger partial charge in [-0.2, -0.15) is 5.10 Å². The molecule has 2 N–H and O–H groups in total. The standard InChI is InChI=1S/C22H17N5O4/c1-2-30-22(29)18-19(28)17(8-13-10-24-20-15(13)4-3-7-23-20)31-21(18)26-14-6-5-12-11-25-27-16(12)9-14/h3-11,18H,2H2,1H3,(H,23,24)(H,25,27)/b17-8-,26-21?. The first-order chi connectivity index (χ1) is 15.1. The number of fused-ring (bicyclic) bond motifs is 2. The summed E-state index contributed by atoms with van der Waals surface area (Å²) in [6.07, 6.45) is 6.67. The molecule has 1 saturated heterocycles. The Balaban J connectivity index is 1.56. The Kier molecular flexibility index (Phi) is 4.55. The summed E-state index contributed by atoms with van der Waals surface area (Å²) in [5.74, 6) is -2.46. The Labute approximate surface area is 175 Å². The molecule has 0 amide bonds. The number of benzene rings is 1. The second-order valence-corrected chi connectivity index (χ2v) is 6.90. The van der Waals surface area contributed by atoms with Crippen LogP contribution in [0, 0.1) is 5.92 Å². The van der Waals surface area contributed by atoms with Crippen molar-refractivity contribution in [3.05, 3.63) is 60.2 Å². The molecule has 31 heavy (non-hydrogen) atoms. The van der Waals surface area contributed by atoms with Crippen LogP contribution in [-0.4, -0.2) is 44.4 Å². The van der Waals surface area contributed by atoms with Crippen molar-refractivity contribution in [3.8, 4) is 0 Å². The highest BCUT2D eigenvalue weighted by atomic mass is 16.5. The molecule has 0 spiro atoms. The number of carbonyl (C=O) groups is 2. The Morgan fingerprint density at radius 3 is 3.13 bits per heavy atom. The number of ketones is 1. The molecule has 0 bridgehead atoms. The number of aliphatic imine (C=N–C) groups is 1. The maximum absolute atomic E-state index is 13.0. The molecule has 4 aromatic rings. The Hall–Kier alpha value is -4.27. The normalized spacial score (nSPS) is 18.9. The Morgan fingerprint density at radius 1 is 1.35 bits per heavy atom. The van der Waals surface area contributed by atoms with Crippen LogP contribution < -0.4 is 0 Å². The lowest BCUT2D eigenvalue weighted by molar-refractivity contribution is -0.147. The molecule has 1 aromatic carbocycles. The van der Waals surface area contributed by atoms with E-state index in [1.54, 1.807) is 49.8 Å². The summed E-state index contributed by atoms with van der Waals surface area (Å²) in [7, 11) is 0. The molecule has 1 aliphatic heterocycles. The summed E-state index contributed by atoms with van der Waals surface area (Å²) in [5, 5.41) is 8.59. The molecule has 0 radical (unpaired) electrons. The van der Waals surface area contributed by atoms with Crippen LogP contribution in [0.5, 0.6) is 0 Å². The highest BCUT2D eigenvalue weighted by Gasteiger charge is 2.44. The number of aromatic amines is 2. The number of allylic oxidation sites excluding steroid dienone is 1. The summed E-state index contributed by atoms with van der Waals surface area (Å²) < 4.78 is 10.9. The van der Waals surface area contributed by atoms with Crippen molar-refractivity contribution in [2.75, 3.05) is 6.61 Å². The third-order valence-electron chi connectivity index (χ3n) is 4.92. The van der Waals surface area contributed by atoms with Gasteiger partial charge >= 0.3 is 5.97 Å². The first-order valence-corrected chi connectivity index (χ1v) is 9.68. The van der Waals surface area contributed by atoms with Gasteiger partial charge in [0.15, 0.2) is 11.7 Å². The number of esters is 1. The number of Topliss-reactive ketones (excluding diaryl/α,β-unsaturated/α-hetero) is 1. The largest absolute Gasteiger partial charge is 0.465 e. The molecule has 1 fully saturated rings. The lowest BCUT2D eigenvalue weighted by Crippen LogP contribution is -2.27. The van der Waals surface area contributed by atoms with Crippen LogP contribution in [0.15, 0.2) is 59.7 Å². The minimum absolute atomic E-state index is 0.0178. The van der Waals surface area contributed by atoms with Crippen LogP contribution in [0.4, 0.5) is 5.69 Å². The van der Waals surface area contributed by atoms with Crippen molar-refractivity contribution in [2.45, 2.75) is 6.92 Å². The van der Waals surface area contributed by atoms with E-state index < -0.39 is 17.7 Å². The van der Waals surface area contributed by atoms with Gasteiger partial charge < -0.3 is 14.5 Å². The lowest BCUT2D eigenvalue weighted by Gasteiger charge is -2.06. The van der Waals surface area contributed by atoms with Crippen LogP contribution in [0.25, 0.3) is 28.0 Å². The first-order valence-electron chi connectivity index (χ1n) is 9.68. The van der Waals surface area contributed by atoms with E-state index in [2.05, 4.69) is 25.2 Å². The van der Waals surface area contributed by atoms with Crippen molar-refractivity contribution < 1.29 is 19.1 Å². The fourth-order valence-corrected chi connectivity index (χ4v) is 3.46. The summed E-state index contributed by atoms with van der Waals surface area (Å²) in [5.41, 5.74) is 2.70. The van der Waals surface area contributed by atoms with Crippen LogP contribution >= 0.6 is 0 Å². The van der Waals surface area contributed by atoms with Crippen LogP contribution in [0.2, 0.25) is 0 Å². The number of rotatable bonds is 4. The number of hydrogen-bond acceptors (Lipinski definition) is 7. The maximum atomic E-state index is 13.0. The van der Waals surface area contributed by atoms with Gasteiger partial charge in [0.25, 0.3) is 0 Å². The quantitative estimate of drug-likeness (QED) is 0.300. The van der Waals surface area contributed by atoms with Crippen molar-refractivity contribution in [1.29, 1.82) is 0 Å².